The first kappa shape index (κ1) is 13.9. The van der Waals surface area contributed by atoms with Crippen molar-refractivity contribution in [2.45, 2.75) is 13.5 Å². The predicted molar refractivity (Wildman–Crippen MR) is 84.6 cm³/mol. The number of hydrogen-bond donors (Lipinski definition) is 1. The smallest absolute Gasteiger partial charge is 0.138 e. The molecule has 4 nitrogen and oxygen atoms in total. The highest BCUT2D eigenvalue weighted by atomic mass is 16.3. The van der Waals surface area contributed by atoms with Crippen molar-refractivity contribution in [3.05, 3.63) is 53.9 Å². The van der Waals surface area contributed by atoms with Gasteiger partial charge in [-0.15, -0.1) is 0 Å². The number of anilines is 1. The molecule has 0 spiro atoms. The van der Waals surface area contributed by atoms with Gasteiger partial charge in [0, 0.05) is 44.1 Å². The summed E-state index contributed by atoms with van der Waals surface area (Å²) in [6.45, 7) is 6.67. The van der Waals surface area contributed by atoms with Gasteiger partial charge in [0.1, 0.15) is 5.75 Å². The second-order valence-corrected chi connectivity index (χ2v) is 5.52. The first-order valence-electron chi connectivity index (χ1n) is 7.40. The molecule has 3 rings (SSSR count). The van der Waals surface area contributed by atoms with Gasteiger partial charge in [0.05, 0.1) is 5.69 Å². The summed E-state index contributed by atoms with van der Waals surface area (Å²) >= 11 is 0. The third-order valence-corrected chi connectivity index (χ3v) is 3.96. The summed E-state index contributed by atoms with van der Waals surface area (Å²) in [5.41, 5.74) is 3.02. The first-order chi connectivity index (χ1) is 10.2. The van der Waals surface area contributed by atoms with Gasteiger partial charge in [-0.25, -0.2) is 0 Å². The molecule has 1 fully saturated rings. The third-order valence-electron chi connectivity index (χ3n) is 3.96. The van der Waals surface area contributed by atoms with E-state index in [0.717, 1.165) is 44.1 Å². The van der Waals surface area contributed by atoms with Crippen LogP contribution in [0.2, 0.25) is 0 Å². The zero-order chi connectivity index (χ0) is 14.7. The molecule has 1 N–H and O–H groups in total. The first-order valence-corrected chi connectivity index (χ1v) is 7.40. The highest BCUT2D eigenvalue weighted by molar-refractivity contribution is 5.46. The van der Waals surface area contributed by atoms with Gasteiger partial charge < -0.3 is 10.0 Å². The Kier molecular flexibility index (Phi) is 4.06. The van der Waals surface area contributed by atoms with Crippen molar-refractivity contribution in [2.75, 3.05) is 31.1 Å². The fraction of sp³-hybridized carbons (Fsp3) is 0.353. The van der Waals surface area contributed by atoms with Crippen LogP contribution in [0.4, 0.5) is 5.69 Å². The summed E-state index contributed by atoms with van der Waals surface area (Å²) in [6, 6.07) is 14.1. The Morgan fingerprint density at radius 2 is 1.71 bits per heavy atom. The van der Waals surface area contributed by atoms with Gasteiger partial charge in [0.2, 0.25) is 0 Å². The fourth-order valence-electron chi connectivity index (χ4n) is 2.73. The Labute approximate surface area is 125 Å². The molecule has 0 bridgehead atoms. The number of rotatable bonds is 3. The molecule has 1 aromatic heterocycles. The second-order valence-electron chi connectivity index (χ2n) is 5.52. The topological polar surface area (TPSA) is 39.6 Å². The number of aromatic hydroxyl groups is 1. The van der Waals surface area contributed by atoms with E-state index in [9.17, 15) is 5.11 Å². The van der Waals surface area contributed by atoms with Crippen molar-refractivity contribution in [3.63, 3.8) is 0 Å². The molecule has 2 aromatic rings. The molecule has 21 heavy (non-hydrogen) atoms. The summed E-state index contributed by atoms with van der Waals surface area (Å²) in [6.07, 6.45) is 0. The van der Waals surface area contributed by atoms with E-state index in [4.69, 9.17) is 0 Å². The van der Waals surface area contributed by atoms with E-state index < -0.39 is 0 Å². The Morgan fingerprint density at radius 1 is 1.00 bits per heavy atom. The normalized spacial score (nSPS) is 16.1. The number of nitrogens with zero attached hydrogens (tertiary/aromatic N) is 3. The second kappa shape index (κ2) is 6.14. The average molecular weight is 283 g/mol. The quantitative estimate of drug-likeness (QED) is 0.939. The lowest BCUT2D eigenvalue weighted by Crippen LogP contribution is -2.46. The van der Waals surface area contributed by atoms with E-state index in [0.29, 0.717) is 5.75 Å². The van der Waals surface area contributed by atoms with Crippen LogP contribution < -0.4 is 4.90 Å². The summed E-state index contributed by atoms with van der Waals surface area (Å²) in [5.74, 6) is 0.297. The van der Waals surface area contributed by atoms with E-state index in [1.807, 2.05) is 19.1 Å². The van der Waals surface area contributed by atoms with Crippen molar-refractivity contribution >= 4 is 5.69 Å². The predicted octanol–water partition coefficient (Wildman–Crippen LogP) is 2.42. The van der Waals surface area contributed by atoms with Crippen LogP contribution in [-0.4, -0.2) is 41.2 Å². The Bertz CT molecular complexity index is 592. The van der Waals surface area contributed by atoms with E-state index in [-0.39, 0.29) is 0 Å². The van der Waals surface area contributed by atoms with Gasteiger partial charge in [0.15, 0.2) is 0 Å². The molecule has 2 heterocycles. The number of aromatic nitrogens is 1. The van der Waals surface area contributed by atoms with Crippen LogP contribution in [0.1, 0.15) is 11.4 Å². The Morgan fingerprint density at radius 3 is 2.43 bits per heavy atom. The maximum absolute atomic E-state index is 9.90. The minimum Gasteiger partial charge on any atom is -0.506 e. The molecule has 4 heteroatoms. The van der Waals surface area contributed by atoms with Crippen LogP contribution in [0.5, 0.6) is 5.75 Å². The maximum atomic E-state index is 9.90. The molecular formula is C17H21N3O. The van der Waals surface area contributed by atoms with Crippen molar-refractivity contribution < 1.29 is 5.11 Å². The summed E-state index contributed by atoms with van der Waals surface area (Å²) in [5, 5.41) is 9.90. The van der Waals surface area contributed by atoms with Gasteiger partial charge in [-0.1, -0.05) is 18.2 Å². The van der Waals surface area contributed by atoms with Gasteiger partial charge >= 0.3 is 0 Å². The zero-order valence-corrected chi connectivity index (χ0v) is 12.4. The Balaban J connectivity index is 1.60. The minimum absolute atomic E-state index is 0.297. The maximum Gasteiger partial charge on any atom is 0.138 e. The zero-order valence-electron chi connectivity index (χ0n) is 12.4. The average Bonchev–Trinajstić information content (AvgIpc) is 2.53. The van der Waals surface area contributed by atoms with Crippen LogP contribution in [-0.2, 0) is 6.54 Å². The summed E-state index contributed by atoms with van der Waals surface area (Å²) in [7, 11) is 0. The van der Waals surface area contributed by atoms with Gasteiger partial charge in [-0.3, -0.25) is 9.88 Å². The fourth-order valence-corrected chi connectivity index (χ4v) is 2.73. The van der Waals surface area contributed by atoms with Crippen LogP contribution in [0.15, 0.2) is 42.5 Å². The van der Waals surface area contributed by atoms with Crippen molar-refractivity contribution in [1.29, 1.82) is 0 Å². The van der Waals surface area contributed by atoms with Crippen molar-refractivity contribution in [1.82, 2.24) is 9.88 Å². The summed E-state index contributed by atoms with van der Waals surface area (Å²) in [4.78, 5) is 9.19. The van der Waals surface area contributed by atoms with Gasteiger partial charge in [0.25, 0.3) is 0 Å². The molecule has 0 atom stereocenters. The van der Waals surface area contributed by atoms with E-state index in [2.05, 4.69) is 39.0 Å². The molecule has 1 aromatic carbocycles. The Hall–Kier alpha value is -2.07. The van der Waals surface area contributed by atoms with E-state index >= 15 is 0 Å². The molecule has 1 saturated heterocycles. The summed E-state index contributed by atoms with van der Waals surface area (Å²) < 4.78 is 0. The highest BCUT2D eigenvalue weighted by Crippen LogP contribution is 2.19. The van der Waals surface area contributed by atoms with E-state index in [1.165, 1.54) is 5.69 Å². The lowest BCUT2D eigenvalue weighted by molar-refractivity contribution is 0.243. The molecule has 0 aliphatic carbocycles. The van der Waals surface area contributed by atoms with Gasteiger partial charge in [-0.05, 0) is 31.2 Å². The largest absolute Gasteiger partial charge is 0.506 e. The molecule has 1 aliphatic rings. The molecule has 0 saturated carbocycles. The molecule has 0 unspecified atom stereocenters. The number of piperazine rings is 1. The molecule has 0 radical (unpaired) electrons. The number of pyridine rings is 1. The number of para-hydroxylation sites is 1. The van der Waals surface area contributed by atoms with Crippen LogP contribution >= 0.6 is 0 Å². The monoisotopic (exact) mass is 283 g/mol. The minimum atomic E-state index is 0.297. The molecule has 110 valence electrons. The molecule has 0 amide bonds. The number of hydrogen-bond acceptors (Lipinski definition) is 4. The lowest BCUT2D eigenvalue weighted by atomic mass is 10.2. The van der Waals surface area contributed by atoms with Crippen molar-refractivity contribution in [3.8, 4) is 5.75 Å². The van der Waals surface area contributed by atoms with Crippen LogP contribution in [0, 0.1) is 6.92 Å². The highest BCUT2D eigenvalue weighted by Gasteiger charge is 2.18. The molecular weight excluding hydrogens is 262 g/mol. The van der Waals surface area contributed by atoms with E-state index in [1.54, 1.807) is 6.07 Å². The van der Waals surface area contributed by atoms with Gasteiger partial charge in [-0.2, -0.15) is 0 Å². The lowest BCUT2D eigenvalue weighted by Gasteiger charge is -2.36. The standard InChI is InChI=1S/C17H21N3O/c1-14-7-8-17(21)16(18-14)13-19-9-11-20(12-10-19)15-5-3-2-4-6-15/h2-8,21H,9-13H2,1H3. The molecule has 1 aliphatic heterocycles. The number of aryl methyl sites for hydroxylation is 1. The van der Waals surface area contributed by atoms with Crippen molar-refractivity contribution in [2.24, 2.45) is 0 Å². The van der Waals surface area contributed by atoms with Crippen LogP contribution in [0.25, 0.3) is 0 Å². The third kappa shape index (κ3) is 3.34. The SMILES string of the molecule is Cc1ccc(O)c(CN2CCN(c3ccccc3)CC2)n1. The number of benzene rings is 1. The van der Waals surface area contributed by atoms with Crippen LogP contribution in [0.3, 0.4) is 0 Å².